The summed E-state index contributed by atoms with van der Waals surface area (Å²) in [6.45, 7) is 2.56. The molecular formula is C16H16FNO3. The molecule has 0 aromatic heterocycles. The quantitative estimate of drug-likeness (QED) is 0.908. The molecule has 4 nitrogen and oxygen atoms in total. The second-order valence-corrected chi connectivity index (χ2v) is 4.99. The lowest BCUT2D eigenvalue weighted by Crippen LogP contribution is -2.18. The number of phenolic OH excluding ortho intramolecular Hbond substituents is 1. The first-order valence-electron chi connectivity index (χ1n) is 6.74. The molecule has 1 aliphatic heterocycles. The molecule has 2 aromatic carbocycles. The number of hydrogen-bond donors (Lipinski definition) is 2. The molecule has 2 aromatic rings. The average Bonchev–Trinajstić information content (AvgIpc) is 2.91. The number of rotatable bonds is 4. The molecule has 1 aliphatic rings. The molecule has 3 rings (SSSR count). The third kappa shape index (κ3) is 2.92. The average molecular weight is 289 g/mol. The third-order valence-electron chi connectivity index (χ3n) is 3.52. The smallest absolute Gasteiger partial charge is 0.231 e. The van der Waals surface area contributed by atoms with Gasteiger partial charge >= 0.3 is 0 Å². The van der Waals surface area contributed by atoms with Gasteiger partial charge in [0.25, 0.3) is 0 Å². The number of phenols is 1. The van der Waals surface area contributed by atoms with E-state index in [1.54, 1.807) is 18.2 Å². The van der Waals surface area contributed by atoms with E-state index in [0.717, 1.165) is 5.56 Å². The lowest BCUT2D eigenvalue weighted by atomic mass is 10.1. The van der Waals surface area contributed by atoms with Gasteiger partial charge in [-0.2, -0.15) is 0 Å². The van der Waals surface area contributed by atoms with Gasteiger partial charge in [-0.3, -0.25) is 0 Å². The summed E-state index contributed by atoms with van der Waals surface area (Å²) < 4.78 is 23.7. The number of nitrogens with one attached hydrogen (secondary N) is 1. The summed E-state index contributed by atoms with van der Waals surface area (Å²) in [6.07, 6.45) is 0. The maximum absolute atomic E-state index is 13.2. The van der Waals surface area contributed by atoms with E-state index in [0.29, 0.717) is 23.6 Å². The first-order chi connectivity index (χ1) is 10.1. The van der Waals surface area contributed by atoms with E-state index in [-0.39, 0.29) is 24.4 Å². The molecule has 0 amide bonds. The van der Waals surface area contributed by atoms with Gasteiger partial charge in [0, 0.05) is 24.2 Å². The zero-order valence-electron chi connectivity index (χ0n) is 11.6. The molecule has 0 aliphatic carbocycles. The fourth-order valence-corrected chi connectivity index (χ4v) is 2.27. The molecule has 0 radical (unpaired) electrons. The van der Waals surface area contributed by atoms with Crippen LogP contribution in [0.4, 0.5) is 4.39 Å². The van der Waals surface area contributed by atoms with E-state index < -0.39 is 0 Å². The molecule has 5 heteroatoms. The van der Waals surface area contributed by atoms with E-state index >= 15 is 0 Å². The van der Waals surface area contributed by atoms with Gasteiger partial charge in [0.2, 0.25) is 6.79 Å². The van der Waals surface area contributed by atoms with Gasteiger partial charge in [0.05, 0.1) is 0 Å². The fourth-order valence-electron chi connectivity index (χ4n) is 2.27. The maximum atomic E-state index is 13.2. The number of ether oxygens (including phenoxy) is 2. The van der Waals surface area contributed by atoms with Gasteiger partial charge in [0.15, 0.2) is 11.5 Å². The van der Waals surface area contributed by atoms with Crippen LogP contribution in [0.1, 0.15) is 24.1 Å². The van der Waals surface area contributed by atoms with Crippen LogP contribution in [0.3, 0.4) is 0 Å². The van der Waals surface area contributed by atoms with Crippen molar-refractivity contribution < 1.29 is 19.0 Å². The Kier molecular flexibility index (Phi) is 3.66. The van der Waals surface area contributed by atoms with Crippen LogP contribution in [0.25, 0.3) is 0 Å². The van der Waals surface area contributed by atoms with Crippen molar-refractivity contribution in [2.45, 2.75) is 19.5 Å². The molecule has 0 saturated carbocycles. The highest BCUT2D eigenvalue weighted by molar-refractivity contribution is 5.51. The normalized spacial score (nSPS) is 14.2. The van der Waals surface area contributed by atoms with Crippen LogP contribution >= 0.6 is 0 Å². The largest absolute Gasteiger partial charge is 0.507 e. The Morgan fingerprint density at radius 1 is 1.24 bits per heavy atom. The zero-order chi connectivity index (χ0) is 14.8. The Hall–Kier alpha value is -2.27. The Bertz CT molecular complexity index is 660. The van der Waals surface area contributed by atoms with E-state index in [1.807, 2.05) is 13.0 Å². The molecule has 0 fully saturated rings. The number of aromatic hydroxyl groups is 1. The van der Waals surface area contributed by atoms with Gasteiger partial charge < -0.3 is 19.9 Å². The van der Waals surface area contributed by atoms with E-state index in [4.69, 9.17) is 9.47 Å². The van der Waals surface area contributed by atoms with Crippen molar-refractivity contribution in [2.24, 2.45) is 0 Å². The second-order valence-electron chi connectivity index (χ2n) is 4.99. The first kappa shape index (κ1) is 13.7. The minimum absolute atomic E-state index is 0.0366. The van der Waals surface area contributed by atoms with Crippen molar-refractivity contribution >= 4 is 0 Å². The number of halogens is 1. The van der Waals surface area contributed by atoms with Crippen LogP contribution in [0.15, 0.2) is 36.4 Å². The topological polar surface area (TPSA) is 50.7 Å². The van der Waals surface area contributed by atoms with E-state index in [9.17, 15) is 9.50 Å². The van der Waals surface area contributed by atoms with Crippen molar-refractivity contribution in [3.63, 3.8) is 0 Å². The van der Waals surface area contributed by atoms with E-state index in [1.165, 1.54) is 12.1 Å². The summed E-state index contributed by atoms with van der Waals surface area (Å²) in [5.41, 5.74) is 1.57. The molecule has 1 heterocycles. The van der Waals surface area contributed by atoms with Crippen molar-refractivity contribution in [1.82, 2.24) is 5.32 Å². The molecule has 21 heavy (non-hydrogen) atoms. The van der Waals surface area contributed by atoms with Crippen LogP contribution in [0.2, 0.25) is 0 Å². The van der Waals surface area contributed by atoms with Crippen molar-refractivity contribution in [2.75, 3.05) is 6.79 Å². The van der Waals surface area contributed by atoms with Gasteiger partial charge in [-0.25, -0.2) is 4.39 Å². The number of benzene rings is 2. The standard InChI is InChI=1S/C16H16FNO3/c1-10(11-3-2-4-13(17)5-11)18-8-12-6-15-16(7-14(12)19)21-9-20-15/h2-7,10,18-19H,8-9H2,1H3. The third-order valence-corrected chi connectivity index (χ3v) is 3.52. The second kappa shape index (κ2) is 5.61. The van der Waals surface area contributed by atoms with Crippen molar-refractivity contribution in [3.05, 3.63) is 53.3 Å². The van der Waals surface area contributed by atoms with E-state index in [2.05, 4.69) is 5.32 Å². The minimum atomic E-state index is -0.257. The first-order valence-corrected chi connectivity index (χ1v) is 6.74. The lowest BCUT2D eigenvalue weighted by Gasteiger charge is -2.15. The molecular weight excluding hydrogens is 273 g/mol. The summed E-state index contributed by atoms with van der Waals surface area (Å²) in [7, 11) is 0. The van der Waals surface area contributed by atoms with Crippen LogP contribution in [-0.2, 0) is 6.54 Å². The van der Waals surface area contributed by atoms with Crippen molar-refractivity contribution in [1.29, 1.82) is 0 Å². The molecule has 1 unspecified atom stereocenters. The monoisotopic (exact) mass is 289 g/mol. The molecule has 0 bridgehead atoms. The van der Waals surface area contributed by atoms with Gasteiger partial charge in [-0.05, 0) is 30.7 Å². The summed E-state index contributed by atoms with van der Waals surface area (Å²) in [4.78, 5) is 0. The van der Waals surface area contributed by atoms with Crippen LogP contribution in [0, 0.1) is 5.82 Å². The van der Waals surface area contributed by atoms with Gasteiger partial charge in [-0.15, -0.1) is 0 Å². The SMILES string of the molecule is CC(NCc1cc2c(cc1O)OCO2)c1cccc(F)c1. The van der Waals surface area contributed by atoms with Crippen LogP contribution in [-0.4, -0.2) is 11.9 Å². The minimum Gasteiger partial charge on any atom is -0.507 e. The molecule has 110 valence electrons. The Morgan fingerprint density at radius 2 is 2.00 bits per heavy atom. The number of hydrogen-bond acceptors (Lipinski definition) is 4. The number of fused-ring (bicyclic) bond motifs is 1. The van der Waals surface area contributed by atoms with Crippen molar-refractivity contribution in [3.8, 4) is 17.2 Å². The summed E-state index contributed by atoms with van der Waals surface area (Å²) in [5.74, 6) is 1.07. The van der Waals surface area contributed by atoms with Gasteiger partial charge in [-0.1, -0.05) is 12.1 Å². The highest BCUT2D eigenvalue weighted by Crippen LogP contribution is 2.37. The summed E-state index contributed by atoms with van der Waals surface area (Å²) in [6, 6.07) is 9.72. The molecule has 0 spiro atoms. The molecule has 1 atom stereocenters. The fraction of sp³-hybridized carbons (Fsp3) is 0.250. The zero-order valence-corrected chi connectivity index (χ0v) is 11.6. The summed E-state index contributed by atoms with van der Waals surface area (Å²) >= 11 is 0. The summed E-state index contributed by atoms with van der Waals surface area (Å²) in [5, 5.41) is 13.2. The predicted octanol–water partition coefficient (Wildman–Crippen LogP) is 3.11. The maximum Gasteiger partial charge on any atom is 0.231 e. The Balaban J connectivity index is 1.70. The highest BCUT2D eigenvalue weighted by Gasteiger charge is 2.17. The van der Waals surface area contributed by atoms with Crippen LogP contribution < -0.4 is 14.8 Å². The molecule has 2 N–H and O–H groups in total. The Morgan fingerprint density at radius 3 is 2.76 bits per heavy atom. The van der Waals surface area contributed by atoms with Gasteiger partial charge in [0.1, 0.15) is 11.6 Å². The van der Waals surface area contributed by atoms with Crippen LogP contribution in [0.5, 0.6) is 17.2 Å². The Labute approximate surface area is 122 Å². The predicted molar refractivity (Wildman–Crippen MR) is 75.9 cm³/mol. The molecule has 0 saturated heterocycles. The lowest BCUT2D eigenvalue weighted by molar-refractivity contribution is 0.174. The highest BCUT2D eigenvalue weighted by atomic mass is 19.1.